The molecule has 110 valence electrons. The second kappa shape index (κ2) is 6.43. The van der Waals surface area contributed by atoms with E-state index < -0.39 is 0 Å². The number of amides is 1. The highest BCUT2D eigenvalue weighted by atomic mass is 35.5. The number of fused-ring (bicyclic) bond motifs is 1. The maximum atomic E-state index is 11.7. The van der Waals surface area contributed by atoms with E-state index >= 15 is 0 Å². The highest BCUT2D eigenvalue weighted by Crippen LogP contribution is 2.39. The third kappa shape index (κ3) is 3.23. The van der Waals surface area contributed by atoms with Gasteiger partial charge in [0.25, 0.3) is 0 Å². The van der Waals surface area contributed by atoms with Crippen LogP contribution >= 0.6 is 11.6 Å². The molecule has 2 unspecified atom stereocenters. The first-order chi connectivity index (χ1) is 9.52. The molecule has 20 heavy (non-hydrogen) atoms. The van der Waals surface area contributed by atoms with E-state index in [1.807, 2.05) is 19.1 Å². The van der Waals surface area contributed by atoms with Gasteiger partial charge in [0.05, 0.1) is 17.7 Å². The van der Waals surface area contributed by atoms with Crippen LogP contribution in [0.5, 0.6) is 5.75 Å². The van der Waals surface area contributed by atoms with Gasteiger partial charge < -0.3 is 20.5 Å². The Balaban J connectivity index is 2.31. The van der Waals surface area contributed by atoms with Crippen molar-refractivity contribution in [1.29, 1.82) is 0 Å². The molecule has 1 amide bonds. The number of ether oxygens (including phenoxy) is 2. The highest BCUT2D eigenvalue weighted by molar-refractivity contribution is 6.32. The topological polar surface area (TPSA) is 73.6 Å². The Labute approximate surface area is 123 Å². The molecule has 0 bridgehead atoms. The van der Waals surface area contributed by atoms with Gasteiger partial charge in [-0.25, -0.2) is 0 Å². The lowest BCUT2D eigenvalue weighted by atomic mass is 9.96. The van der Waals surface area contributed by atoms with Gasteiger partial charge in [-0.05, 0) is 24.6 Å². The molecule has 0 saturated carbocycles. The summed E-state index contributed by atoms with van der Waals surface area (Å²) in [6.45, 7) is 2.44. The maximum Gasteiger partial charge on any atom is 0.246 e. The zero-order valence-electron chi connectivity index (χ0n) is 11.6. The molecule has 6 heteroatoms. The molecule has 1 aromatic carbocycles. The molecule has 2 atom stereocenters. The van der Waals surface area contributed by atoms with Crippen LogP contribution in [-0.2, 0) is 9.53 Å². The summed E-state index contributed by atoms with van der Waals surface area (Å²) in [4.78, 5) is 11.7. The zero-order valence-corrected chi connectivity index (χ0v) is 12.4. The maximum absolute atomic E-state index is 11.7. The number of carbonyl (C=O) groups excluding carboxylic acids is 1. The number of nitrogens with two attached hydrogens (primary N) is 1. The van der Waals surface area contributed by atoms with Crippen LogP contribution < -0.4 is 15.8 Å². The average molecular weight is 299 g/mol. The standard InChI is InChI=1S/C14H19ClN2O3/c1-8(16)9-5-10-12(17-13(18)7-19-2)3-4-20-14(10)11(15)6-9/h5-6,8,12H,3-4,7,16H2,1-2H3,(H,17,18). The second-order valence-electron chi connectivity index (χ2n) is 4.90. The van der Waals surface area contributed by atoms with Gasteiger partial charge in [0.1, 0.15) is 12.4 Å². The minimum Gasteiger partial charge on any atom is -0.492 e. The van der Waals surface area contributed by atoms with Crippen molar-refractivity contribution in [2.75, 3.05) is 20.3 Å². The lowest BCUT2D eigenvalue weighted by Gasteiger charge is -2.28. The minimum absolute atomic E-state index is 0.0351. The molecule has 1 aromatic rings. The van der Waals surface area contributed by atoms with Crippen molar-refractivity contribution in [3.05, 3.63) is 28.3 Å². The molecule has 5 nitrogen and oxygen atoms in total. The summed E-state index contributed by atoms with van der Waals surface area (Å²) in [6, 6.07) is 3.50. The third-order valence-corrected chi connectivity index (χ3v) is 3.54. The molecular weight excluding hydrogens is 280 g/mol. The second-order valence-corrected chi connectivity index (χ2v) is 5.31. The number of rotatable bonds is 4. The van der Waals surface area contributed by atoms with Crippen molar-refractivity contribution >= 4 is 17.5 Å². The van der Waals surface area contributed by atoms with Gasteiger partial charge >= 0.3 is 0 Å². The van der Waals surface area contributed by atoms with Crippen molar-refractivity contribution in [3.8, 4) is 5.75 Å². The van der Waals surface area contributed by atoms with Crippen LogP contribution in [-0.4, -0.2) is 26.2 Å². The molecule has 0 aromatic heterocycles. The van der Waals surface area contributed by atoms with E-state index in [0.29, 0.717) is 23.8 Å². The van der Waals surface area contributed by atoms with E-state index in [1.54, 1.807) is 0 Å². The summed E-state index contributed by atoms with van der Waals surface area (Å²) in [5.41, 5.74) is 7.70. The Bertz CT molecular complexity index is 505. The number of methoxy groups -OCH3 is 1. The highest BCUT2D eigenvalue weighted by Gasteiger charge is 2.26. The Morgan fingerprint density at radius 1 is 1.65 bits per heavy atom. The van der Waals surface area contributed by atoms with Gasteiger partial charge in [0, 0.05) is 25.1 Å². The SMILES string of the molecule is COCC(=O)NC1CCOc2c(Cl)cc(C(C)N)cc21. The molecule has 0 radical (unpaired) electrons. The molecule has 1 heterocycles. The summed E-state index contributed by atoms with van der Waals surface area (Å²) in [5, 5.41) is 3.45. The quantitative estimate of drug-likeness (QED) is 0.891. The first kappa shape index (κ1) is 15.1. The van der Waals surface area contributed by atoms with Crippen LogP contribution in [0.25, 0.3) is 0 Å². The van der Waals surface area contributed by atoms with Gasteiger partial charge in [0.2, 0.25) is 5.91 Å². The van der Waals surface area contributed by atoms with Crippen LogP contribution in [0.4, 0.5) is 0 Å². The number of hydrogen-bond donors (Lipinski definition) is 2. The van der Waals surface area contributed by atoms with E-state index in [1.165, 1.54) is 7.11 Å². The number of carbonyl (C=O) groups is 1. The number of halogens is 1. The van der Waals surface area contributed by atoms with Crippen LogP contribution in [0.15, 0.2) is 12.1 Å². The molecule has 1 aliphatic rings. The van der Waals surface area contributed by atoms with Gasteiger partial charge in [-0.2, -0.15) is 0 Å². The smallest absolute Gasteiger partial charge is 0.246 e. The van der Waals surface area contributed by atoms with Crippen molar-refractivity contribution < 1.29 is 14.3 Å². The van der Waals surface area contributed by atoms with Crippen molar-refractivity contribution in [2.45, 2.75) is 25.4 Å². The molecule has 0 spiro atoms. The molecule has 0 aliphatic carbocycles. The number of benzene rings is 1. The molecular formula is C14H19ClN2O3. The summed E-state index contributed by atoms with van der Waals surface area (Å²) in [6.07, 6.45) is 0.696. The average Bonchev–Trinajstić information content (AvgIpc) is 2.39. The van der Waals surface area contributed by atoms with Crippen LogP contribution in [0.3, 0.4) is 0 Å². The van der Waals surface area contributed by atoms with Crippen LogP contribution in [0.1, 0.15) is 36.6 Å². The fourth-order valence-corrected chi connectivity index (χ4v) is 2.55. The lowest BCUT2D eigenvalue weighted by molar-refractivity contribution is -0.125. The number of hydrogen-bond acceptors (Lipinski definition) is 4. The summed E-state index contributed by atoms with van der Waals surface area (Å²) >= 11 is 6.24. The number of nitrogens with one attached hydrogen (secondary N) is 1. The zero-order chi connectivity index (χ0) is 14.7. The minimum atomic E-state index is -0.160. The van der Waals surface area contributed by atoms with E-state index in [4.69, 9.17) is 26.8 Å². The third-order valence-electron chi connectivity index (χ3n) is 3.26. The molecule has 1 aliphatic heterocycles. The van der Waals surface area contributed by atoms with E-state index in [2.05, 4.69) is 5.32 Å². The first-order valence-electron chi connectivity index (χ1n) is 6.53. The fourth-order valence-electron chi connectivity index (χ4n) is 2.26. The largest absolute Gasteiger partial charge is 0.492 e. The predicted molar refractivity (Wildman–Crippen MR) is 76.9 cm³/mol. The molecule has 2 rings (SSSR count). The summed E-state index contributed by atoms with van der Waals surface area (Å²) < 4.78 is 10.4. The van der Waals surface area contributed by atoms with Gasteiger partial charge in [-0.3, -0.25) is 4.79 Å². The predicted octanol–water partition coefficient (Wildman–Crippen LogP) is 1.95. The van der Waals surface area contributed by atoms with Crippen LogP contribution in [0, 0.1) is 0 Å². The Kier molecular flexibility index (Phi) is 4.86. The van der Waals surface area contributed by atoms with Crippen molar-refractivity contribution in [1.82, 2.24) is 5.32 Å². The normalized spacial score (nSPS) is 18.9. The molecule has 3 N–H and O–H groups in total. The molecule has 0 saturated heterocycles. The van der Waals surface area contributed by atoms with Crippen molar-refractivity contribution in [3.63, 3.8) is 0 Å². The molecule has 0 fully saturated rings. The lowest BCUT2D eigenvalue weighted by Crippen LogP contribution is -2.34. The van der Waals surface area contributed by atoms with E-state index in [0.717, 1.165) is 11.1 Å². The van der Waals surface area contributed by atoms with Crippen LogP contribution in [0.2, 0.25) is 5.02 Å². The Morgan fingerprint density at radius 2 is 2.40 bits per heavy atom. The van der Waals surface area contributed by atoms with E-state index in [-0.39, 0.29) is 24.6 Å². The summed E-state index contributed by atoms with van der Waals surface area (Å²) in [7, 11) is 1.49. The first-order valence-corrected chi connectivity index (χ1v) is 6.90. The summed E-state index contributed by atoms with van der Waals surface area (Å²) in [5.74, 6) is 0.470. The van der Waals surface area contributed by atoms with Gasteiger partial charge in [0.15, 0.2) is 0 Å². The van der Waals surface area contributed by atoms with Crippen molar-refractivity contribution in [2.24, 2.45) is 5.73 Å². The fraction of sp³-hybridized carbons (Fsp3) is 0.500. The Morgan fingerprint density at radius 3 is 3.05 bits per heavy atom. The Hall–Kier alpha value is -1.30. The van der Waals surface area contributed by atoms with E-state index in [9.17, 15) is 4.79 Å². The monoisotopic (exact) mass is 298 g/mol. The van der Waals surface area contributed by atoms with Gasteiger partial charge in [-0.15, -0.1) is 0 Å². The van der Waals surface area contributed by atoms with Gasteiger partial charge in [-0.1, -0.05) is 11.6 Å².